The number of benzene rings is 1. The highest BCUT2D eigenvalue weighted by Gasteiger charge is 2.63. The van der Waals surface area contributed by atoms with Crippen LogP contribution in [0.25, 0.3) is 0 Å². The van der Waals surface area contributed by atoms with E-state index in [9.17, 15) is 19.2 Å². The number of hydrogen-bond donors (Lipinski definition) is 0. The quantitative estimate of drug-likeness (QED) is 0.347. The van der Waals surface area contributed by atoms with Crippen LogP contribution in [0, 0.1) is 5.92 Å². The second-order valence-electron chi connectivity index (χ2n) is 7.12. The third-order valence-electron chi connectivity index (χ3n) is 4.24. The number of amides is 2. The highest BCUT2D eigenvalue weighted by Crippen LogP contribution is 2.39. The Labute approximate surface area is 151 Å². The van der Waals surface area contributed by atoms with Gasteiger partial charge < -0.3 is 4.74 Å². The van der Waals surface area contributed by atoms with Crippen LogP contribution in [0.1, 0.15) is 44.5 Å². The monoisotopic (exact) mass is 363 g/mol. The maximum atomic E-state index is 15.9. The van der Waals surface area contributed by atoms with Crippen molar-refractivity contribution in [2.75, 3.05) is 6.61 Å². The average Bonchev–Trinajstić information content (AvgIpc) is 2.89. The molecule has 0 N–H and O–H groups in total. The highest BCUT2D eigenvalue weighted by atomic mass is 19.1. The van der Waals surface area contributed by atoms with Crippen molar-refractivity contribution in [2.24, 2.45) is 5.92 Å². The summed E-state index contributed by atoms with van der Waals surface area (Å²) in [6, 6.07) is 7.35. The van der Waals surface area contributed by atoms with Gasteiger partial charge >= 0.3 is 5.97 Å². The summed E-state index contributed by atoms with van der Waals surface area (Å²) in [5, 5.41) is 0. The number of nitrogens with zero attached hydrogens (tertiary/aromatic N) is 1. The molecule has 6 nitrogen and oxygen atoms in total. The molecular weight excluding hydrogens is 341 g/mol. The van der Waals surface area contributed by atoms with E-state index in [1.165, 1.54) is 31.2 Å². The molecule has 0 aliphatic carbocycles. The van der Waals surface area contributed by atoms with Crippen molar-refractivity contribution in [2.45, 2.75) is 45.3 Å². The number of ether oxygens (including phenoxy) is 1. The molecule has 7 heteroatoms. The normalized spacial score (nSPS) is 20.0. The molecule has 1 aromatic rings. The summed E-state index contributed by atoms with van der Waals surface area (Å²) in [6.07, 6.45) is -0.565. The summed E-state index contributed by atoms with van der Waals surface area (Å²) in [5.41, 5.74) is -4.23. The highest BCUT2D eigenvalue weighted by molar-refractivity contribution is 6.20. The molecule has 0 spiro atoms. The van der Waals surface area contributed by atoms with Crippen molar-refractivity contribution >= 4 is 23.6 Å². The van der Waals surface area contributed by atoms with Gasteiger partial charge in [0, 0.05) is 17.5 Å². The molecule has 1 aliphatic heterocycles. The molecule has 1 heterocycles. The van der Waals surface area contributed by atoms with Crippen LogP contribution >= 0.6 is 0 Å². The molecule has 0 aromatic heterocycles. The molecule has 1 aromatic carbocycles. The molecule has 2 amide bonds. The van der Waals surface area contributed by atoms with Crippen molar-refractivity contribution in [1.82, 2.24) is 4.90 Å². The SMILES string of the molecule is CCOC(=O)[C@@](F)(C(=O)c1ccccc1)[C@H]1CC(=O)N(C(C)(C)C)C1=O. The van der Waals surface area contributed by atoms with Gasteiger partial charge in [-0.2, -0.15) is 0 Å². The van der Waals surface area contributed by atoms with E-state index < -0.39 is 47.1 Å². The lowest BCUT2D eigenvalue weighted by Crippen LogP contribution is -2.54. The predicted octanol–water partition coefficient (Wildman–Crippen LogP) is 2.31. The molecule has 1 aliphatic rings. The van der Waals surface area contributed by atoms with Gasteiger partial charge in [-0.15, -0.1) is 0 Å². The summed E-state index contributed by atoms with van der Waals surface area (Å²) >= 11 is 0. The fraction of sp³-hybridized carbons (Fsp3) is 0.474. The lowest BCUT2D eigenvalue weighted by atomic mass is 9.81. The maximum Gasteiger partial charge on any atom is 0.353 e. The third-order valence-corrected chi connectivity index (χ3v) is 4.24. The first-order chi connectivity index (χ1) is 12.0. The minimum atomic E-state index is -3.26. The molecule has 0 radical (unpaired) electrons. The standard InChI is InChI=1S/C19H22FNO5/c1-5-26-17(25)19(20,15(23)12-9-7-6-8-10-12)13-11-14(22)21(16(13)24)18(2,3)4/h6-10,13H,5,11H2,1-4H3/t13-,19-/m0/s1. The van der Waals surface area contributed by atoms with E-state index in [2.05, 4.69) is 0 Å². The summed E-state index contributed by atoms with van der Waals surface area (Å²) in [7, 11) is 0. The van der Waals surface area contributed by atoms with Gasteiger partial charge in [-0.3, -0.25) is 19.3 Å². The molecular formula is C19H22FNO5. The van der Waals surface area contributed by atoms with E-state index in [1.54, 1.807) is 26.8 Å². The van der Waals surface area contributed by atoms with Crippen LogP contribution in [0.5, 0.6) is 0 Å². The lowest BCUT2D eigenvalue weighted by molar-refractivity contribution is -0.161. The van der Waals surface area contributed by atoms with Gasteiger partial charge in [0.2, 0.25) is 17.6 Å². The van der Waals surface area contributed by atoms with Crippen LogP contribution in [-0.2, 0) is 19.1 Å². The number of carbonyl (C=O) groups is 4. The van der Waals surface area contributed by atoms with Crippen LogP contribution < -0.4 is 0 Å². The molecule has 0 bridgehead atoms. The Bertz CT molecular complexity index is 740. The van der Waals surface area contributed by atoms with Crippen LogP contribution in [0.3, 0.4) is 0 Å². The Balaban J connectivity index is 2.53. The van der Waals surface area contributed by atoms with E-state index in [0.717, 1.165) is 4.90 Å². The Morgan fingerprint density at radius 2 is 1.77 bits per heavy atom. The molecule has 1 fully saturated rings. The second-order valence-corrected chi connectivity index (χ2v) is 7.12. The van der Waals surface area contributed by atoms with E-state index in [4.69, 9.17) is 4.74 Å². The molecule has 2 atom stereocenters. The Hall–Kier alpha value is -2.57. The van der Waals surface area contributed by atoms with E-state index in [1.807, 2.05) is 0 Å². The van der Waals surface area contributed by atoms with Crippen molar-refractivity contribution in [3.63, 3.8) is 0 Å². The number of Topliss-reactive ketones (excluding diaryl/α,β-unsaturated/α-hetero) is 1. The first-order valence-corrected chi connectivity index (χ1v) is 8.38. The Morgan fingerprint density at radius 3 is 2.23 bits per heavy atom. The first-order valence-electron chi connectivity index (χ1n) is 8.38. The van der Waals surface area contributed by atoms with Gasteiger partial charge in [0.15, 0.2) is 0 Å². The van der Waals surface area contributed by atoms with Crippen LogP contribution in [0.15, 0.2) is 30.3 Å². The second kappa shape index (κ2) is 6.97. The molecule has 0 saturated carbocycles. The van der Waals surface area contributed by atoms with Gasteiger partial charge in [-0.05, 0) is 27.7 Å². The summed E-state index contributed by atoms with van der Waals surface area (Å²) in [6.45, 7) is 6.16. The Morgan fingerprint density at radius 1 is 1.19 bits per heavy atom. The molecule has 26 heavy (non-hydrogen) atoms. The maximum absolute atomic E-state index is 15.9. The smallest absolute Gasteiger partial charge is 0.353 e. The van der Waals surface area contributed by atoms with Gasteiger partial charge in [-0.25, -0.2) is 9.18 Å². The summed E-state index contributed by atoms with van der Waals surface area (Å²) < 4.78 is 20.7. The number of hydrogen-bond acceptors (Lipinski definition) is 5. The van der Waals surface area contributed by atoms with Crippen molar-refractivity contribution in [3.8, 4) is 0 Å². The van der Waals surface area contributed by atoms with Crippen LogP contribution in [-0.4, -0.2) is 46.3 Å². The van der Waals surface area contributed by atoms with Crippen molar-refractivity contribution in [1.29, 1.82) is 0 Å². The number of carbonyl (C=O) groups excluding carboxylic acids is 4. The van der Waals surface area contributed by atoms with E-state index in [0.29, 0.717) is 0 Å². The number of ketones is 1. The molecule has 1 saturated heterocycles. The minimum absolute atomic E-state index is 0.0717. The zero-order chi connectivity index (χ0) is 19.7. The topological polar surface area (TPSA) is 80.8 Å². The third kappa shape index (κ3) is 3.25. The number of alkyl halides is 1. The zero-order valence-electron chi connectivity index (χ0n) is 15.2. The molecule has 0 unspecified atom stereocenters. The fourth-order valence-corrected chi connectivity index (χ4v) is 3.08. The van der Waals surface area contributed by atoms with Gasteiger partial charge in [-0.1, -0.05) is 30.3 Å². The fourth-order valence-electron chi connectivity index (χ4n) is 3.08. The Kier molecular flexibility index (Phi) is 5.30. The van der Waals surface area contributed by atoms with Gasteiger partial charge in [0.1, 0.15) is 5.92 Å². The number of halogens is 1. The van der Waals surface area contributed by atoms with Crippen molar-refractivity contribution in [3.05, 3.63) is 35.9 Å². The van der Waals surface area contributed by atoms with Crippen molar-refractivity contribution < 1.29 is 28.3 Å². The van der Waals surface area contributed by atoms with Gasteiger partial charge in [0.25, 0.3) is 5.67 Å². The van der Waals surface area contributed by atoms with Crippen LogP contribution in [0.2, 0.25) is 0 Å². The number of rotatable bonds is 5. The number of imide groups is 1. The predicted molar refractivity (Wildman–Crippen MR) is 91.0 cm³/mol. The van der Waals surface area contributed by atoms with Gasteiger partial charge in [0.05, 0.1) is 6.61 Å². The largest absolute Gasteiger partial charge is 0.463 e. The molecule has 2 rings (SSSR count). The number of esters is 1. The summed E-state index contributed by atoms with van der Waals surface area (Å²) in [4.78, 5) is 51.2. The summed E-state index contributed by atoms with van der Waals surface area (Å²) in [5.74, 6) is -5.89. The van der Waals surface area contributed by atoms with Crippen LogP contribution in [0.4, 0.5) is 4.39 Å². The minimum Gasteiger partial charge on any atom is -0.463 e. The first kappa shape index (κ1) is 19.8. The van der Waals surface area contributed by atoms with E-state index >= 15 is 4.39 Å². The van der Waals surface area contributed by atoms with E-state index in [-0.39, 0.29) is 12.2 Å². The lowest BCUT2D eigenvalue weighted by Gasteiger charge is -2.31. The average molecular weight is 363 g/mol. The number of likely N-dealkylation sites (tertiary alicyclic amines) is 1. The zero-order valence-corrected chi connectivity index (χ0v) is 15.2. The molecule has 140 valence electrons.